The Morgan fingerprint density at radius 1 is 1.42 bits per heavy atom. The zero-order chi connectivity index (χ0) is 17.0. The number of rotatable bonds is 6. The molecule has 3 heterocycles. The first-order valence-corrected chi connectivity index (χ1v) is 8.56. The highest BCUT2D eigenvalue weighted by Crippen LogP contribution is 2.43. The Labute approximate surface area is 143 Å². The molecule has 3 rings (SSSR count). The fourth-order valence-corrected chi connectivity index (χ4v) is 4.11. The molecule has 2 saturated heterocycles. The number of amides is 1. The Hall–Kier alpha value is -1.50. The number of ether oxygens (including phenoxy) is 2. The zero-order valence-corrected chi connectivity index (χ0v) is 14.6. The van der Waals surface area contributed by atoms with Crippen molar-refractivity contribution in [1.29, 1.82) is 0 Å². The second-order valence-corrected chi connectivity index (χ2v) is 7.09. The van der Waals surface area contributed by atoms with Gasteiger partial charge in [-0.2, -0.15) is 0 Å². The van der Waals surface area contributed by atoms with Gasteiger partial charge in [0, 0.05) is 50.8 Å². The molecule has 0 saturated carbocycles. The fraction of sp³-hybridized carbons (Fsp3) is 0.667. The summed E-state index contributed by atoms with van der Waals surface area (Å²) in [4.78, 5) is 20.7. The quantitative estimate of drug-likeness (QED) is 0.778. The first-order valence-electron chi connectivity index (χ1n) is 8.56. The van der Waals surface area contributed by atoms with E-state index in [0.717, 1.165) is 38.3 Å². The molecule has 0 N–H and O–H groups in total. The second kappa shape index (κ2) is 7.59. The summed E-state index contributed by atoms with van der Waals surface area (Å²) in [6, 6.07) is 5.87. The van der Waals surface area contributed by atoms with E-state index < -0.39 is 0 Å². The van der Waals surface area contributed by atoms with Gasteiger partial charge in [-0.05, 0) is 25.6 Å². The molecule has 1 spiro atoms. The Bertz CT molecular complexity index is 554. The van der Waals surface area contributed by atoms with Crippen molar-refractivity contribution in [3.63, 3.8) is 0 Å². The third-order valence-electron chi connectivity index (χ3n) is 5.28. The molecule has 2 fully saturated rings. The number of hydrogen-bond acceptors (Lipinski definition) is 5. The van der Waals surface area contributed by atoms with Crippen LogP contribution in [-0.4, -0.2) is 74.2 Å². The number of aromatic nitrogens is 1. The van der Waals surface area contributed by atoms with Gasteiger partial charge in [0.1, 0.15) is 6.61 Å². The lowest BCUT2D eigenvalue weighted by molar-refractivity contribution is -0.134. The van der Waals surface area contributed by atoms with Crippen molar-refractivity contribution >= 4 is 5.91 Å². The number of carbonyl (C=O) groups is 1. The Morgan fingerprint density at radius 3 is 3.04 bits per heavy atom. The van der Waals surface area contributed by atoms with E-state index in [-0.39, 0.29) is 17.9 Å². The van der Waals surface area contributed by atoms with E-state index in [1.807, 2.05) is 23.1 Å². The number of carbonyl (C=O) groups excluding carboxylic acids is 1. The number of hydrogen-bond donors (Lipinski definition) is 0. The van der Waals surface area contributed by atoms with Gasteiger partial charge in [0.25, 0.3) is 0 Å². The van der Waals surface area contributed by atoms with E-state index in [9.17, 15) is 4.79 Å². The van der Waals surface area contributed by atoms with Crippen molar-refractivity contribution < 1.29 is 14.3 Å². The van der Waals surface area contributed by atoms with Crippen LogP contribution in [0.4, 0.5) is 0 Å². The first-order chi connectivity index (χ1) is 11.6. The van der Waals surface area contributed by atoms with Gasteiger partial charge in [0.15, 0.2) is 0 Å². The highest BCUT2D eigenvalue weighted by Gasteiger charge is 2.50. The molecule has 2 aliphatic rings. The molecular formula is C18H27N3O3. The summed E-state index contributed by atoms with van der Waals surface area (Å²) in [6.07, 6.45) is 2.84. The SMILES string of the molecule is COCC(=O)N1CC[C@]2(CN(C)C[C@H]2COCc2ccccn2)C1. The van der Waals surface area contributed by atoms with E-state index in [2.05, 4.69) is 16.9 Å². The Morgan fingerprint density at radius 2 is 2.29 bits per heavy atom. The standard InChI is InChI=1S/C18H27N3O3/c1-20-9-15(10-24-11-16-5-3-4-7-19-16)18(13-20)6-8-21(14-18)17(22)12-23-2/h3-5,7,15H,6,8-14H2,1-2H3/t15-,18-/m0/s1. The minimum Gasteiger partial charge on any atom is -0.375 e. The predicted molar refractivity (Wildman–Crippen MR) is 90.4 cm³/mol. The largest absolute Gasteiger partial charge is 0.375 e. The van der Waals surface area contributed by atoms with E-state index in [4.69, 9.17) is 9.47 Å². The molecule has 132 valence electrons. The maximum Gasteiger partial charge on any atom is 0.248 e. The van der Waals surface area contributed by atoms with Gasteiger partial charge >= 0.3 is 0 Å². The summed E-state index contributed by atoms with van der Waals surface area (Å²) in [5.41, 5.74) is 1.11. The normalized spacial score (nSPS) is 27.2. The van der Waals surface area contributed by atoms with Crippen LogP contribution in [0.15, 0.2) is 24.4 Å². The smallest absolute Gasteiger partial charge is 0.248 e. The lowest BCUT2D eigenvalue weighted by Gasteiger charge is -2.30. The molecule has 0 unspecified atom stereocenters. The predicted octanol–water partition coefficient (Wildman–Crippen LogP) is 1.02. The van der Waals surface area contributed by atoms with Crippen LogP contribution in [0.5, 0.6) is 0 Å². The minimum absolute atomic E-state index is 0.0945. The molecule has 0 aromatic carbocycles. The highest BCUT2D eigenvalue weighted by atomic mass is 16.5. The zero-order valence-electron chi connectivity index (χ0n) is 14.6. The molecule has 0 aliphatic carbocycles. The van der Waals surface area contributed by atoms with Crippen molar-refractivity contribution in [2.75, 3.05) is 53.6 Å². The molecule has 1 amide bonds. The van der Waals surface area contributed by atoms with Crippen molar-refractivity contribution in [1.82, 2.24) is 14.8 Å². The molecule has 1 aromatic rings. The molecule has 2 aliphatic heterocycles. The minimum atomic E-state index is 0.0945. The topological polar surface area (TPSA) is 54.9 Å². The van der Waals surface area contributed by atoms with Gasteiger partial charge in [-0.1, -0.05) is 6.07 Å². The van der Waals surface area contributed by atoms with Gasteiger partial charge in [-0.15, -0.1) is 0 Å². The molecule has 24 heavy (non-hydrogen) atoms. The van der Waals surface area contributed by atoms with E-state index in [1.54, 1.807) is 13.3 Å². The van der Waals surface area contributed by atoms with Crippen LogP contribution in [0.25, 0.3) is 0 Å². The molecule has 6 nitrogen and oxygen atoms in total. The molecule has 6 heteroatoms. The van der Waals surface area contributed by atoms with Gasteiger partial charge in [0.05, 0.1) is 18.9 Å². The van der Waals surface area contributed by atoms with Gasteiger partial charge in [-0.25, -0.2) is 0 Å². The van der Waals surface area contributed by atoms with Crippen LogP contribution in [0.2, 0.25) is 0 Å². The van der Waals surface area contributed by atoms with Gasteiger partial charge < -0.3 is 19.3 Å². The van der Waals surface area contributed by atoms with Crippen LogP contribution < -0.4 is 0 Å². The summed E-state index contributed by atoms with van der Waals surface area (Å²) < 4.78 is 11.0. The van der Waals surface area contributed by atoms with E-state index in [1.165, 1.54) is 0 Å². The summed E-state index contributed by atoms with van der Waals surface area (Å²) in [5.74, 6) is 0.545. The third kappa shape index (κ3) is 3.77. The maximum atomic E-state index is 12.1. The maximum absolute atomic E-state index is 12.1. The van der Waals surface area contributed by atoms with Crippen LogP contribution in [0, 0.1) is 11.3 Å². The average Bonchev–Trinajstić information content (AvgIpc) is 3.13. The number of likely N-dealkylation sites (tertiary alicyclic amines) is 2. The monoisotopic (exact) mass is 333 g/mol. The van der Waals surface area contributed by atoms with E-state index >= 15 is 0 Å². The van der Waals surface area contributed by atoms with Crippen molar-refractivity contribution in [3.05, 3.63) is 30.1 Å². The van der Waals surface area contributed by atoms with Crippen molar-refractivity contribution in [2.45, 2.75) is 13.0 Å². The van der Waals surface area contributed by atoms with Crippen LogP contribution in [0.3, 0.4) is 0 Å². The fourth-order valence-electron chi connectivity index (χ4n) is 4.11. The number of nitrogens with zero attached hydrogens (tertiary/aromatic N) is 3. The lowest BCUT2D eigenvalue weighted by atomic mass is 9.77. The molecule has 2 atom stereocenters. The average molecular weight is 333 g/mol. The molecule has 0 bridgehead atoms. The van der Waals surface area contributed by atoms with Crippen LogP contribution >= 0.6 is 0 Å². The summed E-state index contributed by atoms with van der Waals surface area (Å²) in [5, 5.41) is 0. The lowest BCUT2D eigenvalue weighted by Crippen LogP contribution is -2.39. The summed E-state index contributed by atoms with van der Waals surface area (Å²) in [6.45, 7) is 5.13. The number of methoxy groups -OCH3 is 1. The first kappa shape index (κ1) is 17.3. The van der Waals surface area contributed by atoms with Crippen LogP contribution in [0.1, 0.15) is 12.1 Å². The second-order valence-electron chi connectivity index (χ2n) is 7.09. The number of pyridine rings is 1. The molecular weight excluding hydrogens is 306 g/mol. The molecule has 1 aromatic heterocycles. The Balaban J connectivity index is 1.57. The van der Waals surface area contributed by atoms with Crippen LogP contribution in [-0.2, 0) is 20.9 Å². The highest BCUT2D eigenvalue weighted by molar-refractivity contribution is 5.77. The van der Waals surface area contributed by atoms with Gasteiger partial charge in [-0.3, -0.25) is 9.78 Å². The molecule has 0 radical (unpaired) electrons. The summed E-state index contributed by atoms with van der Waals surface area (Å²) >= 11 is 0. The third-order valence-corrected chi connectivity index (χ3v) is 5.28. The van der Waals surface area contributed by atoms with Crippen molar-refractivity contribution in [2.24, 2.45) is 11.3 Å². The summed E-state index contributed by atoms with van der Waals surface area (Å²) in [7, 11) is 3.72. The Kier molecular flexibility index (Phi) is 5.48. The van der Waals surface area contributed by atoms with E-state index in [0.29, 0.717) is 19.1 Å². The van der Waals surface area contributed by atoms with Crippen molar-refractivity contribution in [3.8, 4) is 0 Å². The van der Waals surface area contributed by atoms with Gasteiger partial charge in [0.2, 0.25) is 5.91 Å².